The van der Waals surface area contributed by atoms with Gasteiger partial charge in [0.05, 0.1) is 6.20 Å². The maximum atomic E-state index is 14.2. The zero-order valence-electron chi connectivity index (χ0n) is 17.7. The summed E-state index contributed by atoms with van der Waals surface area (Å²) >= 11 is 0. The fourth-order valence-electron chi connectivity index (χ4n) is 4.21. The summed E-state index contributed by atoms with van der Waals surface area (Å²) in [6.45, 7) is -0.0634. The Morgan fingerprint density at radius 2 is 1.94 bits per heavy atom. The number of nitrogens with zero attached hydrogens (tertiary/aromatic N) is 5. The summed E-state index contributed by atoms with van der Waals surface area (Å²) in [7, 11) is 0. The van der Waals surface area contributed by atoms with Crippen LogP contribution in [0.15, 0.2) is 36.9 Å². The SMILES string of the molecule is O=C(NCc1cc(F)cc(-c2cnn(C(F)(F)F)c2)c1)c1ncnc2nc(C3CCCC3)[nH]c12. The van der Waals surface area contributed by atoms with Gasteiger partial charge < -0.3 is 10.3 Å². The molecule has 12 heteroatoms. The van der Waals surface area contributed by atoms with Crippen LogP contribution in [0.4, 0.5) is 17.6 Å². The van der Waals surface area contributed by atoms with E-state index in [9.17, 15) is 22.4 Å². The second kappa shape index (κ2) is 8.50. The molecule has 0 aliphatic heterocycles. The van der Waals surface area contributed by atoms with Gasteiger partial charge in [0.25, 0.3) is 5.91 Å². The van der Waals surface area contributed by atoms with Crippen molar-refractivity contribution < 1.29 is 22.4 Å². The van der Waals surface area contributed by atoms with Crippen molar-refractivity contribution in [3.8, 4) is 11.1 Å². The lowest BCUT2D eigenvalue weighted by atomic mass is 10.1. The van der Waals surface area contributed by atoms with Crippen molar-refractivity contribution in [1.82, 2.24) is 35.0 Å². The average molecular weight is 473 g/mol. The van der Waals surface area contributed by atoms with Gasteiger partial charge in [-0.05, 0) is 42.2 Å². The standard InChI is InChI=1S/C22H19F4N7O/c23-16-6-12(5-14(7-16)15-9-30-33(10-15)22(24,25)26)8-27-21(34)18-17-20(29-11-28-18)32-19(31-17)13-3-1-2-4-13/h5-7,9-11,13H,1-4,8H2,(H,27,34)(H,28,29,31,32). The molecule has 1 saturated carbocycles. The van der Waals surface area contributed by atoms with Gasteiger partial charge in [0.2, 0.25) is 0 Å². The molecule has 1 fully saturated rings. The topological polar surface area (TPSA) is 101 Å². The van der Waals surface area contributed by atoms with E-state index in [1.54, 1.807) is 0 Å². The molecule has 5 rings (SSSR count). The van der Waals surface area contributed by atoms with Crippen molar-refractivity contribution >= 4 is 17.1 Å². The highest BCUT2D eigenvalue weighted by Gasteiger charge is 2.31. The first kappa shape index (κ1) is 22.0. The molecule has 8 nitrogen and oxygen atoms in total. The number of amides is 1. The third-order valence-corrected chi connectivity index (χ3v) is 5.85. The lowest BCUT2D eigenvalue weighted by molar-refractivity contribution is -0.212. The molecule has 0 spiro atoms. The predicted molar refractivity (Wildman–Crippen MR) is 113 cm³/mol. The van der Waals surface area contributed by atoms with Crippen molar-refractivity contribution in [3.63, 3.8) is 0 Å². The molecule has 1 aliphatic carbocycles. The number of carbonyl (C=O) groups excluding carboxylic acids is 1. The Labute approximate surface area is 190 Å². The molecule has 4 aromatic rings. The van der Waals surface area contributed by atoms with Crippen LogP contribution in [0.1, 0.15) is 53.5 Å². The molecule has 1 amide bonds. The van der Waals surface area contributed by atoms with Crippen molar-refractivity contribution in [2.45, 2.75) is 44.4 Å². The number of fused-ring (bicyclic) bond motifs is 1. The van der Waals surface area contributed by atoms with Gasteiger partial charge in [-0.1, -0.05) is 12.8 Å². The minimum atomic E-state index is -4.67. The van der Waals surface area contributed by atoms with Crippen LogP contribution in [0.3, 0.4) is 0 Å². The van der Waals surface area contributed by atoms with Crippen LogP contribution in [0.5, 0.6) is 0 Å². The Bertz CT molecular complexity index is 1360. The molecular weight excluding hydrogens is 454 g/mol. The van der Waals surface area contributed by atoms with E-state index in [2.05, 4.69) is 30.4 Å². The van der Waals surface area contributed by atoms with Gasteiger partial charge >= 0.3 is 6.30 Å². The molecule has 0 saturated heterocycles. The Morgan fingerprint density at radius 1 is 1.15 bits per heavy atom. The van der Waals surface area contributed by atoms with Crippen molar-refractivity contribution in [1.29, 1.82) is 0 Å². The van der Waals surface area contributed by atoms with Crippen LogP contribution in [0.25, 0.3) is 22.3 Å². The fraction of sp³-hybridized carbons (Fsp3) is 0.318. The Morgan fingerprint density at radius 3 is 2.68 bits per heavy atom. The normalized spacial score (nSPS) is 14.7. The molecule has 0 atom stereocenters. The minimum Gasteiger partial charge on any atom is -0.347 e. The first-order valence-corrected chi connectivity index (χ1v) is 10.7. The number of aromatic nitrogens is 6. The maximum Gasteiger partial charge on any atom is 0.504 e. The van der Waals surface area contributed by atoms with E-state index in [1.807, 2.05) is 0 Å². The predicted octanol–water partition coefficient (Wildman–Crippen LogP) is 4.42. The van der Waals surface area contributed by atoms with Crippen LogP contribution < -0.4 is 5.32 Å². The number of alkyl halides is 3. The number of rotatable bonds is 5. The van der Waals surface area contributed by atoms with Gasteiger partial charge in [-0.2, -0.15) is 9.78 Å². The van der Waals surface area contributed by atoms with E-state index in [1.165, 1.54) is 18.5 Å². The third-order valence-electron chi connectivity index (χ3n) is 5.85. The molecule has 1 aromatic carbocycles. The van der Waals surface area contributed by atoms with Gasteiger partial charge in [-0.15, -0.1) is 13.2 Å². The zero-order chi connectivity index (χ0) is 23.9. The Balaban J connectivity index is 1.35. The molecule has 2 N–H and O–H groups in total. The number of nitrogens with one attached hydrogen (secondary N) is 2. The van der Waals surface area contributed by atoms with Crippen LogP contribution >= 0.6 is 0 Å². The second-order valence-electron chi connectivity index (χ2n) is 8.20. The van der Waals surface area contributed by atoms with Gasteiger partial charge in [0, 0.05) is 24.2 Å². The maximum absolute atomic E-state index is 14.2. The van der Waals surface area contributed by atoms with Crippen LogP contribution in [0, 0.1) is 5.82 Å². The molecule has 1 aliphatic rings. The third kappa shape index (κ3) is 4.35. The summed E-state index contributed by atoms with van der Waals surface area (Å²) < 4.78 is 52.4. The highest BCUT2D eigenvalue weighted by molar-refractivity contribution is 6.02. The molecule has 0 unspecified atom stereocenters. The second-order valence-corrected chi connectivity index (χ2v) is 8.20. The summed E-state index contributed by atoms with van der Waals surface area (Å²) in [5, 5.41) is 5.95. The summed E-state index contributed by atoms with van der Waals surface area (Å²) in [4.78, 5) is 28.7. The summed E-state index contributed by atoms with van der Waals surface area (Å²) in [6, 6.07) is 3.79. The quantitative estimate of drug-likeness (QED) is 0.418. The van der Waals surface area contributed by atoms with Crippen LogP contribution in [-0.2, 0) is 12.8 Å². The molecule has 34 heavy (non-hydrogen) atoms. The number of aromatic amines is 1. The van der Waals surface area contributed by atoms with Gasteiger partial charge in [-0.25, -0.2) is 19.3 Å². The number of carbonyl (C=O) groups is 1. The molecule has 0 bridgehead atoms. The molecule has 176 valence electrons. The van der Waals surface area contributed by atoms with E-state index in [-0.39, 0.29) is 28.0 Å². The Hall–Kier alpha value is -3.83. The van der Waals surface area contributed by atoms with Gasteiger partial charge in [0.1, 0.15) is 23.5 Å². The lowest BCUT2D eigenvalue weighted by Gasteiger charge is -2.08. The van der Waals surface area contributed by atoms with Gasteiger partial charge in [-0.3, -0.25) is 4.79 Å². The van der Waals surface area contributed by atoms with E-state index in [4.69, 9.17) is 0 Å². The molecule has 3 heterocycles. The number of hydrogen-bond acceptors (Lipinski definition) is 5. The largest absolute Gasteiger partial charge is 0.504 e. The smallest absolute Gasteiger partial charge is 0.347 e. The minimum absolute atomic E-state index is 0.0634. The molecule has 0 radical (unpaired) electrons. The van der Waals surface area contributed by atoms with E-state index in [0.29, 0.717) is 22.6 Å². The van der Waals surface area contributed by atoms with Crippen LogP contribution in [-0.4, -0.2) is 35.6 Å². The lowest BCUT2D eigenvalue weighted by Crippen LogP contribution is -2.24. The first-order valence-electron chi connectivity index (χ1n) is 10.7. The number of halogens is 4. The fourth-order valence-corrected chi connectivity index (χ4v) is 4.21. The first-order chi connectivity index (χ1) is 16.3. The van der Waals surface area contributed by atoms with Crippen molar-refractivity contribution in [3.05, 3.63) is 59.8 Å². The van der Waals surface area contributed by atoms with Crippen molar-refractivity contribution in [2.24, 2.45) is 0 Å². The summed E-state index contributed by atoms with van der Waals surface area (Å²) in [5.41, 5.74) is 1.62. The average Bonchev–Trinajstić information content (AvgIpc) is 3.56. The highest BCUT2D eigenvalue weighted by atomic mass is 19.4. The number of hydrogen-bond donors (Lipinski definition) is 2. The summed E-state index contributed by atoms with van der Waals surface area (Å²) in [5.74, 6) is -0.0702. The Kier molecular flexibility index (Phi) is 5.50. The van der Waals surface area contributed by atoms with E-state index in [0.717, 1.165) is 50.0 Å². The van der Waals surface area contributed by atoms with E-state index < -0.39 is 18.0 Å². The number of H-pyrrole nitrogens is 1. The number of imidazole rings is 1. The van der Waals surface area contributed by atoms with Crippen LogP contribution in [0.2, 0.25) is 0 Å². The van der Waals surface area contributed by atoms with Gasteiger partial charge in [0.15, 0.2) is 11.3 Å². The molecular formula is C22H19F4N7O. The van der Waals surface area contributed by atoms with E-state index >= 15 is 0 Å². The number of benzene rings is 1. The zero-order valence-corrected chi connectivity index (χ0v) is 17.7. The molecule has 3 aromatic heterocycles. The summed E-state index contributed by atoms with van der Waals surface area (Å²) in [6.07, 6.45) is 2.68. The monoisotopic (exact) mass is 473 g/mol. The van der Waals surface area contributed by atoms with Crippen molar-refractivity contribution in [2.75, 3.05) is 0 Å². The highest BCUT2D eigenvalue weighted by Crippen LogP contribution is 2.33.